The van der Waals surface area contributed by atoms with E-state index >= 15 is 0 Å². The van der Waals surface area contributed by atoms with Crippen LogP contribution in [0.3, 0.4) is 0 Å². The largest absolute Gasteiger partial charge is 0.493 e. The molecule has 0 aliphatic heterocycles. The van der Waals surface area contributed by atoms with Crippen LogP contribution in [0.5, 0.6) is 17.2 Å². The molecule has 1 N–H and O–H groups in total. The van der Waals surface area contributed by atoms with E-state index in [2.05, 4.69) is 10.5 Å². The highest BCUT2D eigenvalue weighted by atomic mass is 35.5. The number of methoxy groups -OCH3 is 1. The molecule has 218 valence electrons. The number of halogens is 1. The molecule has 0 radical (unpaired) electrons. The average molecular weight is 608 g/mol. The number of hydrogen-bond donors (Lipinski definition) is 1. The van der Waals surface area contributed by atoms with Crippen LogP contribution >= 0.6 is 11.6 Å². The molecular weight excluding hydrogens is 578 g/mol. The van der Waals surface area contributed by atoms with Gasteiger partial charge in [0.15, 0.2) is 11.5 Å². The van der Waals surface area contributed by atoms with Crippen molar-refractivity contribution < 1.29 is 27.4 Å². The van der Waals surface area contributed by atoms with Crippen LogP contribution in [-0.4, -0.2) is 40.8 Å². The normalized spacial score (nSPS) is 11.2. The number of carbonyl (C=O) groups excluding carboxylic acids is 1. The topological polar surface area (TPSA) is 107 Å². The molecule has 0 unspecified atom stereocenters. The Labute approximate surface area is 250 Å². The number of ether oxygens (including phenoxy) is 3. The number of rotatable bonds is 13. The van der Waals surface area contributed by atoms with Crippen molar-refractivity contribution in [3.63, 3.8) is 0 Å². The number of hydrogen-bond acceptors (Lipinski definition) is 7. The van der Waals surface area contributed by atoms with E-state index < -0.39 is 22.5 Å². The van der Waals surface area contributed by atoms with Crippen LogP contribution < -0.4 is 23.9 Å². The van der Waals surface area contributed by atoms with E-state index in [0.29, 0.717) is 41.0 Å². The smallest absolute Gasteiger partial charge is 0.264 e. The SMILES string of the molecule is CCOc1ccccc1N(CC(=O)N/N=C\c1ccc(OCc2ccccc2)c(OC)c1)S(=O)(=O)c1ccc(Cl)cc1. The quantitative estimate of drug-likeness (QED) is 0.155. The first kappa shape index (κ1) is 30.4. The molecule has 1 amide bonds. The van der Waals surface area contributed by atoms with Gasteiger partial charge in [-0.15, -0.1) is 0 Å². The number of sulfonamides is 1. The second-order valence-corrected chi connectivity index (χ2v) is 11.1. The monoisotopic (exact) mass is 607 g/mol. The predicted octanol–water partition coefficient (Wildman–Crippen LogP) is 5.67. The summed E-state index contributed by atoms with van der Waals surface area (Å²) in [6.07, 6.45) is 1.42. The number of carbonyl (C=O) groups is 1. The van der Waals surface area contributed by atoms with Gasteiger partial charge < -0.3 is 14.2 Å². The molecular formula is C31H30ClN3O6S. The molecule has 11 heteroatoms. The fraction of sp³-hybridized carbons (Fsp3) is 0.161. The summed E-state index contributed by atoms with van der Waals surface area (Å²) in [6.45, 7) is 1.92. The number of hydrazone groups is 1. The van der Waals surface area contributed by atoms with Gasteiger partial charge in [-0.2, -0.15) is 5.10 Å². The van der Waals surface area contributed by atoms with Gasteiger partial charge in [0, 0.05) is 5.02 Å². The van der Waals surface area contributed by atoms with Gasteiger partial charge in [0.05, 0.1) is 30.5 Å². The molecule has 0 aromatic heterocycles. The number of anilines is 1. The summed E-state index contributed by atoms with van der Waals surface area (Å²) in [5.41, 5.74) is 4.27. The lowest BCUT2D eigenvalue weighted by atomic mass is 10.2. The Morgan fingerprint density at radius 2 is 1.62 bits per heavy atom. The Hall–Kier alpha value is -4.54. The van der Waals surface area contributed by atoms with Gasteiger partial charge in [-0.3, -0.25) is 9.10 Å². The molecule has 0 atom stereocenters. The average Bonchev–Trinajstić information content (AvgIpc) is 3.00. The Bertz CT molecular complexity index is 1630. The van der Waals surface area contributed by atoms with Crippen molar-refractivity contribution in [3.8, 4) is 17.2 Å². The van der Waals surface area contributed by atoms with Gasteiger partial charge in [-0.1, -0.05) is 54.1 Å². The lowest BCUT2D eigenvalue weighted by Gasteiger charge is -2.25. The number of amides is 1. The fourth-order valence-electron chi connectivity index (χ4n) is 3.94. The number of nitrogens with one attached hydrogen (secondary N) is 1. The van der Waals surface area contributed by atoms with Gasteiger partial charge in [0.25, 0.3) is 15.9 Å². The summed E-state index contributed by atoms with van der Waals surface area (Å²) in [4.78, 5) is 12.9. The summed E-state index contributed by atoms with van der Waals surface area (Å²) in [6, 6.07) is 27.3. The van der Waals surface area contributed by atoms with Crippen LogP contribution in [0.15, 0.2) is 107 Å². The molecule has 0 aliphatic carbocycles. The summed E-state index contributed by atoms with van der Waals surface area (Å²) in [7, 11) is -2.64. The molecule has 9 nitrogen and oxygen atoms in total. The second-order valence-electron chi connectivity index (χ2n) is 8.84. The van der Waals surface area contributed by atoms with Gasteiger partial charge in [-0.05, 0) is 72.6 Å². The van der Waals surface area contributed by atoms with Crippen molar-refractivity contribution in [2.45, 2.75) is 18.4 Å². The maximum atomic E-state index is 13.7. The van der Waals surface area contributed by atoms with Crippen molar-refractivity contribution in [2.24, 2.45) is 5.10 Å². The Morgan fingerprint density at radius 1 is 0.905 bits per heavy atom. The molecule has 4 aromatic carbocycles. The highest BCUT2D eigenvalue weighted by Gasteiger charge is 2.29. The standard InChI is InChI=1S/C31H30ClN3O6S/c1-3-40-28-12-8-7-11-27(28)35(42(37,38)26-16-14-25(32)15-17-26)21-31(36)34-33-20-24-13-18-29(30(19-24)39-2)41-22-23-9-5-4-6-10-23/h4-20H,3,21-22H2,1-2H3,(H,34,36)/b33-20-. The Morgan fingerprint density at radius 3 is 2.33 bits per heavy atom. The van der Waals surface area contributed by atoms with Crippen molar-refractivity contribution in [3.05, 3.63) is 113 Å². The van der Waals surface area contributed by atoms with Crippen molar-refractivity contribution in [1.29, 1.82) is 0 Å². The second kappa shape index (κ2) is 14.4. The molecule has 0 heterocycles. The predicted molar refractivity (Wildman–Crippen MR) is 163 cm³/mol. The highest BCUT2D eigenvalue weighted by molar-refractivity contribution is 7.92. The van der Waals surface area contributed by atoms with E-state index in [1.807, 2.05) is 30.3 Å². The van der Waals surface area contributed by atoms with Crippen LogP contribution in [0.2, 0.25) is 5.02 Å². The summed E-state index contributed by atoms with van der Waals surface area (Å²) < 4.78 is 45.3. The molecule has 0 saturated heterocycles. The third-order valence-electron chi connectivity index (χ3n) is 5.95. The Kier molecular flexibility index (Phi) is 10.4. The minimum atomic E-state index is -4.17. The van der Waals surface area contributed by atoms with Gasteiger partial charge in [0.2, 0.25) is 0 Å². The van der Waals surface area contributed by atoms with E-state index in [0.717, 1.165) is 9.87 Å². The lowest BCUT2D eigenvalue weighted by molar-refractivity contribution is -0.119. The molecule has 0 bridgehead atoms. The van der Waals surface area contributed by atoms with Gasteiger partial charge in [-0.25, -0.2) is 13.8 Å². The molecule has 0 saturated carbocycles. The molecule has 0 fully saturated rings. The molecule has 4 aromatic rings. The zero-order valence-electron chi connectivity index (χ0n) is 23.1. The van der Waals surface area contributed by atoms with Crippen LogP contribution in [0.1, 0.15) is 18.1 Å². The fourth-order valence-corrected chi connectivity index (χ4v) is 5.50. The minimum Gasteiger partial charge on any atom is -0.493 e. The first-order valence-electron chi connectivity index (χ1n) is 13.0. The maximum absolute atomic E-state index is 13.7. The van der Waals surface area contributed by atoms with Crippen LogP contribution in [0, 0.1) is 0 Å². The van der Waals surface area contributed by atoms with E-state index in [9.17, 15) is 13.2 Å². The maximum Gasteiger partial charge on any atom is 0.264 e. The van der Waals surface area contributed by atoms with Crippen LogP contribution in [0.25, 0.3) is 0 Å². The number of nitrogens with zero attached hydrogens (tertiary/aromatic N) is 2. The van der Waals surface area contributed by atoms with E-state index in [1.165, 1.54) is 37.6 Å². The van der Waals surface area contributed by atoms with Crippen LogP contribution in [-0.2, 0) is 21.4 Å². The first-order valence-corrected chi connectivity index (χ1v) is 14.8. The number of para-hydroxylation sites is 2. The molecule has 0 spiro atoms. The van der Waals surface area contributed by atoms with Crippen molar-refractivity contribution in [1.82, 2.24) is 5.43 Å². The molecule has 0 aliphatic rings. The van der Waals surface area contributed by atoms with E-state index in [4.69, 9.17) is 25.8 Å². The van der Waals surface area contributed by atoms with Crippen molar-refractivity contribution in [2.75, 3.05) is 24.6 Å². The van der Waals surface area contributed by atoms with Crippen molar-refractivity contribution >= 4 is 39.4 Å². The first-order chi connectivity index (χ1) is 20.3. The van der Waals surface area contributed by atoms with Gasteiger partial charge in [0.1, 0.15) is 18.9 Å². The lowest BCUT2D eigenvalue weighted by Crippen LogP contribution is -2.39. The van der Waals surface area contributed by atoms with E-state index in [1.54, 1.807) is 49.4 Å². The third-order valence-corrected chi connectivity index (χ3v) is 7.98. The third kappa shape index (κ3) is 7.80. The summed E-state index contributed by atoms with van der Waals surface area (Å²) in [5, 5.41) is 4.40. The summed E-state index contributed by atoms with van der Waals surface area (Å²) in [5.74, 6) is 0.702. The molecule has 4 rings (SSSR count). The molecule has 42 heavy (non-hydrogen) atoms. The minimum absolute atomic E-state index is 0.0313. The zero-order chi connectivity index (χ0) is 30.0. The summed E-state index contributed by atoms with van der Waals surface area (Å²) >= 11 is 5.96. The van der Waals surface area contributed by atoms with E-state index in [-0.39, 0.29) is 10.6 Å². The Balaban J connectivity index is 1.50. The van der Waals surface area contributed by atoms with Gasteiger partial charge >= 0.3 is 0 Å². The number of benzene rings is 4. The van der Waals surface area contributed by atoms with Crippen LogP contribution in [0.4, 0.5) is 5.69 Å². The highest BCUT2D eigenvalue weighted by Crippen LogP contribution is 2.33. The zero-order valence-corrected chi connectivity index (χ0v) is 24.6.